The molecule has 0 unspecified atom stereocenters. The predicted molar refractivity (Wildman–Crippen MR) is 120 cm³/mol. The van der Waals surface area contributed by atoms with E-state index < -0.39 is 0 Å². The molecule has 2 aromatic heterocycles. The molecule has 0 N–H and O–H groups in total. The first-order chi connectivity index (χ1) is 14.6. The van der Waals surface area contributed by atoms with Crippen molar-refractivity contribution >= 4 is 27.5 Å². The van der Waals surface area contributed by atoms with Crippen LogP contribution in [0, 0.1) is 0 Å². The fourth-order valence-corrected chi connectivity index (χ4v) is 4.71. The summed E-state index contributed by atoms with van der Waals surface area (Å²) in [7, 11) is 3.81. The second kappa shape index (κ2) is 7.57. The SMILES string of the molecule is CN(C)c1nc(=O)n(-c2cccc(COc3ccccc3)c2)c2nc(C3CC3)sc12. The van der Waals surface area contributed by atoms with E-state index in [0.29, 0.717) is 24.0 Å². The minimum absolute atomic E-state index is 0.319. The summed E-state index contributed by atoms with van der Waals surface area (Å²) in [5.41, 5.74) is 2.10. The molecule has 2 aromatic carbocycles. The van der Waals surface area contributed by atoms with Crippen LogP contribution in [0.5, 0.6) is 5.75 Å². The minimum Gasteiger partial charge on any atom is -0.489 e. The van der Waals surface area contributed by atoms with Crippen LogP contribution in [0.15, 0.2) is 59.4 Å². The molecule has 7 heteroatoms. The fraction of sp³-hybridized carbons (Fsp3) is 0.261. The van der Waals surface area contributed by atoms with Crippen molar-refractivity contribution in [2.24, 2.45) is 0 Å². The first-order valence-electron chi connectivity index (χ1n) is 9.98. The van der Waals surface area contributed by atoms with Crippen molar-refractivity contribution in [2.45, 2.75) is 25.4 Å². The molecule has 5 rings (SSSR count). The molecule has 2 heterocycles. The summed E-state index contributed by atoms with van der Waals surface area (Å²) in [6, 6.07) is 17.5. The van der Waals surface area contributed by atoms with Crippen molar-refractivity contribution in [2.75, 3.05) is 19.0 Å². The number of hydrogen-bond donors (Lipinski definition) is 0. The zero-order valence-electron chi connectivity index (χ0n) is 16.9. The van der Waals surface area contributed by atoms with Gasteiger partial charge in [0.25, 0.3) is 0 Å². The van der Waals surface area contributed by atoms with Gasteiger partial charge in [0.15, 0.2) is 11.5 Å². The highest BCUT2D eigenvalue weighted by Crippen LogP contribution is 2.44. The van der Waals surface area contributed by atoms with E-state index >= 15 is 0 Å². The summed E-state index contributed by atoms with van der Waals surface area (Å²) in [5, 5.41) is 1.10. The van der Waals surface area contributed by atoms with E-state index in [1.807, 2.05) is 73.6 Å². The van der Waals surface area contributed by atoms with Gasteiger partial charge in [0.05, 0.1) is 10.7 Å². The van der Waals surface area contributed by atoms with Gasteiger partial charge in [-0.3, -0.25) is 0 Å². The highest BCUT2D eigenvalue weighted by molar-refractivity contribution is 7.19. The van der Waals surface area contributed by atoms with Crippen LogP contribution in [-0.2, 0) is 6.61 Å². The van der Waals surface area contributed by atoms with E-state index in [2.05, 4.69) is 4.98 Å². The van der Waals surface area contributed by atoms with E-state index in [0.717, 1.165) is 26.7 Å². The van der Waals surface area contributed by atoms with Crippen LogP contribution in [0.4, 0.5) is 5.82 Å². The maximum Gasteiger partial charge on any atom is 0.355 e. The molecule has 30 heavy (non-hydrogen) atoms. The normalized spacial score (nSPS) is 13.5. The van der Waals surface area contributed by atoms with Gasteiger partial charge in [0, 0.05) is 20.0 Å². The summed E-state index contributed by atoms with van der Waals surface area (Å²) < 4.78 is 8.44. The smallest absolute Gasteiger partial charge is 0.355 e. The Morgan fingerprint density at radius 1 is 1.10 bits per heavy atom. The van der Waals surface area contributed by atoms with Crippen LogP contribution in [0.25, 0.3) is 16.0 Å². The van der Waals surface area contributed by atoms with Gasteiger partial charge in [-0.15, -0.1) is 11.3 Å². The van der Waals surface area contributed by atoms with Crippen molar-refractivity contribution in [3.8, 4) is 11.4 Å². The third kappa shape index (κ3) is 3.57. The summed E-state index contributed by atoms with van der Waals surface area (Å²) in [6.07, 6.45) is 2.34. The van der Waals surface area contributed by atoms with Crippen LogP contribution < -0.4 is 15.3 Å². The topological polar surface area (TPSA) is 60.2 Å². The second-order valence-corrected chi connectivity index (χ2v) is 8.73. The van der Waals surface area contributed by atoms with Gasteiger partial charge < -0.3 is 9.64 Å². The number of benzene rings is 2. The quantitative estimate of drug-likeness (QED) is 0.465. The molecule has 152 valence electrons. The van der Waals surface area contributed by atoms with Crippen molar-refractivity contribution in [1.82, 2.24) is 14.5 Å². The molecule has 1 aliphatic rings. The average Bonchev–Trinajstić information content (AvgIpc) is 3.51. The number of ether oxygens (including phenoxy) is 1. The summed E-state index contributed by atoms with van der Waals surface area (Å²) in [5.74, 6) is 2.01. The van der Waals surface area contributed by atoms with Gasteiger partial charge in [0.2, 0.25) is 0 Å². The van der Waals surface area contributed by atoms with E-state index in [1.165, 1.54) is 12.8 Å². The van der Waals surface area contributed by atoms with Gasteiger partial charge in [-0.25, -0.2) is 14.3 Å². The van der Waals surface area contributed by atoms with Crippen LogP contribution in [0.1, 0.15) is 29.3 Å². The molecule has 0 amide bonds. The number of hydrogen-bond acceptors (Lipinski definition) is 6. The van der Waals surface area contributed by atoms with Crippen LogP contribution in [0.3, 0.4) is 0 Å². The zero-order valence-corrected chi connectivity index (χ0v) is 17.7. The molecule has 1 fully saturated rings. The van der Waals surface area contributed by atoms with E-state index in [9.17, 15) is 4.79 Å². The first-order valence-corrected chi connectivity index (χ1v) is 10.8. The van der Waals surface area contributed by atoms with Gasteiger partial charge in [-0.2, -0.15) is 4.98 Å². The molecule has 6 nitrogen and oxygen atoms in total. The maximum atomic E-state index is 13.0. The molecule has 1 saturated carbocycles. The summed E-state index contributed by atoms with van der Waals surface area (Å²) in [6.45, 7) is 0.420. The Bertz CT molecular complexity index is 1260. The highest BCUT2D eigenvalue weighted by atomic mass is 32.1. The lowest BCUT2D eigenvalue weighted by Gasteiger charge is -2.14. The van der Waals surface area contributed by atoms with Gasteiger partial charge in [-0.05, 0) is 42.7 Å². The fourth-order valence-electron chi connectivity index (χ4n) is 3.42. The molecule has 0 radical (unpaired) electrons. The zero-order chi connectivity index (χ0) is 20.7. The van der Waals surface area contributed by atoms with E-state index in [4.69, 9.17) is 9.72 Å². The standard InChI is InChI=1S/C23H22N4O2S/c1-26(2)20-19-21(24-22(30-19)16-11-12-16)27(23(28)25-20)17-8-6-7-15(13-17)14-29-18-9-4-3-5-10-18/h3-10,13,16H,11-12,14H2,1-2H3. The molecule has 0 aliphatic heterocycles. The number of rotatable bonds is 6. The monoisotopic (exact) mass is 418 g/mol. The number of thiazole rings is 1. The van der Waals surface area contributed by atoms with E-state index in [-0.39, 0.29) is 5.69 Å². The lowest BCUT2D eigenvalue weighted by atomic mass is 10.2. The Balaban J connectivity index is 1.56. The molecule has 0 bridgehead atoms. The highest BCUT2D eigenvalue weighted by Gasteiger charge is 2.29. The largest absolute Gasteiger partial charge is 0.489 e. The van der Waals surface area contributed by atoms with Gasteiger partial charge in [0.1, 0.15) is 17.1 Å². The molecule has 1 aliphatic carbocycles. The Morgan fingerprint density at radius 2 is 1.90 bits per heavy atom. The van der Waals surface area contributed by atoms with Crippen LogP contribution in [0.2, 0.25) is 0 Å². The number of fused-ring (bicyclic) bond motifs is 1. The first kappa shape index (κ1) is 18.8. The molecular weight excluding hydrogens is 396 g/mol. The second-order valence-electron chi connectivity index (χ2n) is 7.70. The van der Waals surface area contributed by atoms with Crippen molar-refractivity contribution in [1.29, 1.82) is 0 Å². The van der Waals surface area contributed by atoms with Gasteiger partial charge >= 0.3 is 5.69 Å². The molecular formula is C23H22N4O2S. The Morgan fingerprint density at radius 3 is 2.63 bits per heavy atom. The third-order valence-electron chi connectivity index (χ3n) is 5.10. The predicted octanol–water partition coefficient (Wildman–Crippen LogP) is 4.36. The van der Waals surface area contributed by atoms with Crippen molar-refractivity contribution < 1.29 is 4.74 Å². The van der Waals surface area contributed by atoms with E-state index in [1.54, 1.807) is 15.9 Å². The molecule has 4 aromatic rings. The summed E-state index contributed by atoms with van der Waals surface area (Å²) in [4.78, 5) is 24.1. The molecule has 0 atom stereocenters. The lowest BCUT2D eigenvalue weighted by Crippen LogP contribution is -2.25. The Kier molecular flexibility index (Phi) is 4.75. The summed E-state index contributed by atoms with van der Waals surface area (Å²) >= 11 is 1.65. The average molecular weight is 419 g/mol. The molecule has 0 spiro atoms. The third-order valence-corrected chi connectivity index (χ3v) is 6.30. The van der Waals surface area contributed by atoms with Crippen molar-refractivity contribution in [3.05, 3.63) is 75.7 Å². The Hall–Kier alpha value is -3.19. The molecule has 0 saturated heterocycles. The van der Waals surface area contributed by atoms with Crippen LogP contribution >= 0.6 is 11.3 Å². The Labute approximate surface area is 178 Å². The lowest BCUT2D eigenvalue weighted by molar-refractivity contribution is 0.306. The number of nitrogens with zero attached hydrogens (tertiary/aromatic N) is 4. The van der Waals surface area contributed by atoms with Crippen LogP contribution in [-0.4, -0.2) is 28.6 Å². The number of para-hydroxylation sites is 1. The van der Waals surface area contributed by atoms with Gasteiger partial charge in [-0.1, -0.05) is 30.3 Å². The minimum atomic E-state index is -0.319. The maximum absolute atomic E-state index is 13.0. The van der Waals surface area contributed by atoms with Crippen molar-refractivity contribution in [3.63, 3.8) is 0 Å². The number of aromatic nitrogens is 3. The number of anilines is 1.